The van der Waals surface area contributed by atoms with Gasteiger partial charge >= 0.3 is 0 Å². The molecule has 4 heteroatoms. The number of nitrogens with zero attached hydrogens (tertiary/aromatic N) is 2. The second-order valence-electron chi connectivity index (χ2n) is 5.44. The summed E-state index contributed by atoms with van der Waals surface area (Å²) in [6, 6.07) is 5.71. The van der Waals surface area contributed by atoms with Crippen molar-refractivity contribution >= 4 is 5.69 Å². The third-order valence-corrected chi connectivity index (χ3v) is 4.12. The normalized spacial score (nSPS) is 18.1. The highest BCUT2D eigenvalue weighted by molar-refractivity contribution is 5.41. The summed E-state index contributed by atoms with van der Waals surface area (Å²) in [5, 5.41) is 0. The average molecular weight is 265 g/mol. The molecule has 3 nitrogen and oxygen atoms in total. The number of benzene rings is 1. The molecule has 1 aromatic rings. The third-order valence-electron chi connectivity index (χ3n) is 4.12. The van der Waals surface area contributed by atoms with Crippen LogP contribution in [-0.4, -0.2) is 42.5 Å². The van der Waals surface area contributed by atoms with E-state index >= 15 is 0 Å². The first-order valence-electron chi connectivity index (χ1n) is 7.06. The molecule has 0 spiro atoms. The molecule has 0 aliphatic carbocycles. The van der Waals surface area contributed by atoms with Crippen molar-refractivity contribution in [1.82, 2.24) is 9.80 Å². The van der Waals surface area contributed by atoms with Gasteiger partial charge in [-0.15, -0.1) is 0 Å². The molecule has 106 valence electrons. The molecular weight excluding hydrogens is 241 g/mol. The van der Waals surface area contributed by atoms with E-state index in [2.05, 4.69) is 23.8 Å². The summed E-state index contributed by atoms with van der Waals surface area (Å²) in [5.74, 6) is -0.313. The van der Waals surface area contributed by atoms with E-state index in [-0.39, 0.29) is 11.5 Å². The fourth-order valence-corrected chi connectivity index (χ4v) is 2.76. The second-order valence-corrected chi connectivity index (χ2v) is 5.44. The molecule has 1 aliphatic heterocycles. The molecular formula is C15H24FN3. The lowest BCUT2D eigenvalue weighted by atomic mass is 10.0. The maximum Gasteiger partial charge on any atom is 0.146 e. The van der Waals surface area contributed by atoms with Crippen LogP contribution in [-0.2, 0) is 6.54 Å². The van der Waals surface area contributed by atoms with Crippen LogP contribution in [0.1, 0.15) is 25.3 Å². The monoisotopic (exact) mass is 265 g/mol. The van der Waals surface area contributed by atoms with Gasteiger partial charge in [0.1, 0.15) is 5.82 Å². The average Bonchev–Trinajstić information content (AvgIpc) is 2.43. The van der Waals surface area contributed by atoms with Crippen LogP contribution < -0.4 is 5.73 Å². The molecule has 0 radical (unpaired) electrons. The fraction of sp³-hybridized carbons (Fsp3) is 0.600. The summed E-state index contributed by atoms with van der Waals surface area (Å²) in [7, 11) is 2.13. The van der Waals surface area contributed by atoms with Gasteiger partial charge in [0.05, 0.1) is 5.69 Å². The van der Waals surface area contributed by atoms with Crippen LogP contribution in [0.5, 0.6) is 0 Å². The van der Waals surface area contributed by atoms with Crippen LogP contribution >= 0.6 is 0 Å². The van der Waals surface area contributed by atoms with Crippen LogP contribution in [0.15, 0.2) is 18.2 Å². The molecule has 1 aromatic carbocycles. The molecule has 0 aromatic heterocycles. The number of halogens is 1. The summed E-state index contributed by atoms with van der Waals surface area (Å²) < 4.78 is 13.4. The number of anilines is 1. The van der Waals surface area contributed by atoms with E-state index in [4.69, 9.17) is 5.73 Å². The molecule has 1 fully saturated rings. The summed E-state index contributed by atoms with van der Waals surface area (Å²) >= 11 is 0. The van der Waals surface area contributed by atoms with Crippen molar-refractivity contribution in [2.24, 2.45) is 0 Å². The zero-order chi connectivity index (χ0) is 13.8. The first-order valence-corrected chi connectivity index (χ1v) is 7.06. The van der Waals surface area contributed by atoms with Gasteiger partial charge in [0.25, 0.3) is 0 Å². The van der Waals surface area contributed by atoms with Crippen molar-refractivity contribution < 1.29 is 4.39 Å². The molecule has 0 bridgehead atoms. The highest BCUT2D eigenvalue weighted by Crippen LogP contribution is 2.19. The van der Waals surface area contributed by atoms with Crippen LogP contribution in [0, 0.1) is 5.82 Å². The Bertz CT molecular complexity index is 414. The number of hydrogen-bond donors (Lipinski definition) is 1. The predicted molar refractivity (Wildman–Crippen MR) is 77.4 cm³/mol. The molecule has 0 saturated carbocycles. The van der Waals surface area contributed by atoms with Crippen molar-refractivity contribution in [3.63, 3.8) is 0 Å². The van der Waals surface area contributed by atoms with E-state index in [1.165, 1.54) is 25.9 Å². The van der Waals surface area contributed by atoms with Gasteiger partial charge in [-0.3, -0.25) is 4.90 Å². The molecule has 2 N–H and O–H groups in total. The second kappa shape index (κ2) is 6.35. The lowest BCUT2D eigenvalue weighted by Crippen LogP contribution is -2.42. The van der Waals surface area contributed by atoms with Crippen LogP contribution in [0.4, 0.5) is 10.1 Å². The first kappa shape index (κ1) is 14.3. The van der Waals surface area contributed by atoms with Gasteiger partial charge < -0.3 is 10.6 Å². The van der Waals surface area contributed by atoms with Crippen molar-refractivity contribution in [3.05, 3.63) is 29.6 Å². The molecule has 1 saturated heterocycles. The first-order chi connectivity index (χ1) is 9.10. The Morgan fingerprint density at radius 1 is 1.37 bits per heavy atom. The Kier molecular flexibility index (Phi) is 4.77. The van der Waals surface area contributed by atoms with Gasteiger partial charge in [-0.1, -0.05) is 13.0 Å². The minimum atomic E-state index is -0.313. The minimum absolute atomic E-state index is 0.225. The highest BCUT2D eigenvalue weighted by Gasteiger charge is 2.21. The number of likely N-dealkylation sites (tertiary alicyclic amines) is 1. The van der Waals surface area contributed by atoms with Gasteiger partial charge in [-0.05, 0) is 57.2 Å². The molecule has 1 heterocycles. The van der Waals surface area contributed by atoms with E-state index < -0.39 is 0 Å². The Labute approximate surface area is 115 Å². The number of nitrogen functional groups attached to an aromatic ring is 1. The Hall–Kier alpha value is -1.13. The summed E-state index contributed by atoms with van der Waals surface area (Å²) in [5.41, 5.74) is 6.72. The lowest BCUT2D eigenvalue weighted by molar-refractivity contribution is 0.127. The van der Waals surface area contributed by atoms with Gasteiger partial charge in [0.15, 0.2) is 0 Å². The quantitative estimate of drug-likeness (QED) is 0.848. The SMILES string of the molecule is CCN1CCC(N(C)Cc2ccc(N)c(F)c2)CC1. The minimum Gasteiger partial charge on any atom is -0.396 e. The largest absolute Gasteiger partial charge is 0.396 e. The zero-order valence-electron chi connectivity index (χ0n) is 11.9. The zero-order valence-corrected chi connectivity index (χ0v) is 11.9. The van der Waals surface area contributed by atoms with Crippen molar-refractivity contribution in [1.29, 1.82) is 0 Å². The fourth-order valence-electron chi connectivity index (χ4n) is 2.76. The maximum atomic E-state index is 13.4. The highest BCUT2D eigenvalue weighted by atomic mass is 19.1. The van der Waals surface area contributed by atoms with Crippen molar-refractivity contribution in [2.45, 2.75) is 32.4 Å². The molecule has 0 unspecified atom stereocenters. The molecule has 19 heavy (non-hydrogen) atoms. The number of nitrogens with two attached hydrogens (primary N) is 1. The van der Waals surface area contributed by atoms with Gasteiger partial charge in [0, 0.05) is 12.6 Å². The van der Waals surface area contributed by atoms with Crippen LogP contribution in [0.25, 0.3) is 0 Å². The molecule has 0 atom stereocenters. The van der Waals surface area contributed by atoms with Gasteiger partial charge in [-0.2, -0.15) is 0 Å². The third kappa shape index (κ3) is 3.67. The van der Waals surface area contributed by atoms with Gasteiger partial charge in [0.2, 0.25) is 0 Å². The smallest absolute Gasteiger partial charge is 0.146 e. The molecule has 1 aliphatic rings. The van der Waals surface area contributed by atoms with E-state index in [0.717, 1.165) is 18.7 Å². The number of rotatable bonds is 4. The summed E-state index contributed by atoms with van der Waals surface area (Å²) in [4.78, 5) is 4.81. The van der Waals surface area contributed by atoms with E-state index in [1.54, 1.807) is 12.1 Å². The summed E-state index contributed by atoms with van der Waals surface area (Å²) in [6.07, 6.45) is 2.39. The lowest BCUT2D eigenvalue weighted by Gasteiger charge is -2.36. The standard InChI is InChI=1S/C15H24FN3/c1-3-19-8-6-13(7-9-19)18(2)11-12-4-5-15(17)14(16)10-12/h4-5,10,13H,3,6-9,11,17H2,1-2H3. The van der Waals surface area contributed by atoms with Gasteiger partial charge in [-0.25, -0.2) is 4.39 Å². The Morgan fingerprint density at radius 3 is 2.63 bits per heavy atom. The Morgan fingerprint density at radius 2 is 2.05 bits per heavy atom. The van der Waals surface area contributed by atoms with Crippen LogP contribution in [0.2, 0.25) is 0 Å². The van der Waals surface area contributed by atoms with E-state index in [0.29, 0.717) is 6.04 Å². The van der Waals surface area contributed by atoms with E-state index in [1.807, 2.05) is 6.07 Å². The topological polar surface area (TPSA) is 32.5 Å². The maximum absolute atomic E-state index is 13.4. The van der Waals surface area contributed by atoms with Crippen molar-refractivity contribution in [2.75, 3.05) is 32.4 Å². The van der Waals surface area contributed by atoms with Crippen LogP contribution in [0.3, 0.4) is 0 Å². The van der Waals surface area contributed by atoms with Crippen molar-refractivity contribution in [3.8, 4) is 0 Å². The summed E-state index contributed by atoms with van der Waals surface area (Å²) in [6.45, 7) is 6.47. The number of piperidine rings is 1. The predicted octanol–water partition coefficient (Wildman–Crippen LogP) is 2.32. The number of hydrogen-bond acceptors (Lipinski definition) is 3. The Balaban J connectivity index is 1.90. The molecule has 0 amide bonds. The molecule has 2 rings (SSSR count). The van der Waals surface area contributed by atoms with E-state index in [9.17, 15) is 4.39 Å².